The van der Waals surface area contributed by atoms with Gasteiger partial charge in [-0.2, -0.15) is 0 Å². The van der Waals surface area contributed by atoms with Crippen LogP contribution >= 0.6 is 0 Å². The van der Waals surface area contributed by atoms with Crippen LogP contribution in [0.15, 0.2) is 30.0 Å². The van der Waals surface area contributed by atoms with E-state index in [4.69, 9.17) is 14.2 Å². The molecule has 1 aromatic carbocycles. The Morgan fingerprint density at radius 3 is 2.44 bits per heavy atom. The summed E-state index contributed by atoms with van der Waals surface area (Å²) in [6, 6.07) is 4.37. The van der Waals surface area contributed by atoms with Gasteiger partial charge in [-0.05, 0) is 37.8 Å². The molecule has 0 spiro atoms. The lowest BCUT2D eigenvalue weighted by atomic mass is 10.2. The molecule has 0 aromatic heterocycles. The molecule has 1 aliphatic carbocycles. The van der Waals surface area contributed by atoms with E-state index in [9.17, 15) is 14.0 Å². The van der Waals surface area contributed by atoms with E-state index in [1.807, 2.05) is 0 Å². The Kier molecular flexibility index (Phi) is 4.65. The van der Waals surface area contributed by atoms with Crippen molar-refractivity contribution in [1.29, 1.82) is 0 Å². The summed E-state index contributed by atoms with van der Waals surface area (Å²) in [4.78, 5) is 23.7. The zero-order chi connectivity index (χ0) is 18.0. The average molecular weight is 349 g/mol. The summed E-state index contributed by atoms with van der Waals surface area (Å²) >= 11 is 0. The van der Waals surface area contributed by atoms with E-state index in [0.717, 1.165) is 31.9 Å². The molecule has 0 unspecified atom stereocenters. The normalized spacial score (nSPS) is 20.0. The summed E-state index contributed by atoms with van der Waals surface area (Å²) < 4.78 is 29.8. The Bertz CT molecular complexity index is 700. The highest BCUT2D eigenvalue weighted by Crippen LogP contribution is 2.28. The van der Waals surface area contributed by atoms with Crippen LogP contribution in [0.2, 0.25) is 0 Å². The highest BCUT2D eigenvalue weighted by Gasteiger charge is 2.38. The number of benzene rings is 1. The minimum atomic E-state index is -1.29. The van der Waals surface area contributed by atoms with Gasteiger partial charge in [0.15, 0.2) is 17.1 Å². The van der Waals surface area contributed by atoms with Crippen LogP contribution in [0.3, 0.4) is 0 Å². The molecular formula is C18H20FNO5. The molecule has 1 saturated carbocycles. The molecule has 1 N–H and O–H groups in total. The lowest BCUT2D eigenvalue weighted by Crippen LogP contribution is -2.42. The van der Waals surface area contributed by atoms with E-state index in [-0.39, 0.29) is 17.4 Å². The van der Waals surface area contributed by atoms with Gasteiger partial charge in [0.1, 0.15) is 0 Å². The third-order valence-electron chi connectivity index (χ3n) is 4.03. The second-order valence-corrected chi connectivity index (χ2v) is 6.55. The quantitative estimate of drug-likeness (QED) is 0.511. The number of rotatable bonds is 4. The van der Waals surface area contributed by atoms with E-state index in [1.165, 1.54) is 26.0 Å². The van der Waals surface area contributed by atoms with Crippen LogP contribution in [0.4, 0.5) is 10.1 Å². The van der Waals surface area contributed by atoms with Crippen LogP contribution in [0.5, 0.6) is 5.75 Å². The molecule has 0 radical (unpaired) electrons. The van der Waals surface area contributed by atoms with Crippen molar-refractivity contribution in [3.63, 3.8) is 0 Å². The van der Waals surface area contributed by atoms with Gasteiger partial charge in [-0.15, -0.1) is 0 Å². The number of nitrogens with one attached hydrogen (secondary N) is 1. The Balaban J connectivity index is 1.67. The zero-order valence-electron chi connectivity index (χ0n) is 14.1. The van der Waals surface area contributed by atoms with E-state index < -0.39 is 23.5 Å². The third kappa shape index (κ3) is 4.10. The molecule has 0 atom stereocenters. The standard InChI is InChI=1S/C18H20FNO5/c1-18(2)24-16(21)13(17(22)25-18)10-20-11-7-8-15(14(19)9-11)23-12-5-3-4-6-12/h7-10,12,20H,3-6H2,1-2H3. The fraction of sp³-hybridized carbons (Fsp3) is 0.444. The van der Waals surface area contributed by atoms with Crippen LogP contribution in [0.1, 0.15) is 39.5 Å². The molecule has 1 heterocycles. The monoisotopic (exact) mass is 349 g/mol. The second kappa shape index (κ2) is 6.74. The van der Waals surface area contributed by atoms with Gasteiger partial charge in [0, 0.05) is 31.8 Å². The lowest BCUT2D eigenvalue weighted by molar-refractivity contribution is -0.222. The van der Waals surface area contributed by atoms with E-state index in [0.29, 0.717) is 5.69 Å². The number of cyclic esters (lactones) is 2. The summed E-state index contributed by atoms with van der Waals surface area (Å²) in [6.45, 7) is 2.93. The van der Waals surface area contributed by atoms with Crippen LogP contribution in [-0.2, 0) is 19.1 Å². The number of halogens is 1. The van der Waals surface area contributed by atoms with Crippen LogP contribution < -0.4 is 10.1 Å². The Labute approximate surface area is 144 Å². The molecule has 134 valence electrons. The zero-order valence-corrected chi connectivity index (χ0v) is 14.1. The molecule has 2 fully saturated rings. The van der Waals surface area contributed by atoms with E-state index in [2.05, 4.69) is 5.32 Å². The van der Waals surface area contributed by atoms with Gasteiger partial charge in [-0.25, -0.2) is 14.0 Å². The summed E-state index contributed by atoms with van der Waals surface area (Å²) in [5.74, 6) is -3.20. The minimum absolute atomic E-state index is 0.0607. The molecule has 0 bridgehead atoms. The summed E-state index contributed by atoms with van der Waals surface area (Å²) in [5, 5.41) is 2.70. The highest BCUT2D eigenvalue weighted by molar-refractivity contribution is 6.15. The fourth-order valence-electron chi connectivity index (χ4n) is 2.81. The fourth-order valence-corrected chi connectivity index (χ4v) is 2.81. The second-order valence-electron chi connectivity index (χ2n) is 6.55. The van der Waals surface area contributed by atoms with Crippen LogP contribution in [0.25, 0.3) is 0 Å². The van der Waals surface area contributed by atoms with E-state index >= 15 is 0 Å². The van der Waals surface area contributed by atoms with Crippen LogP contribution in [-0.4, -0.2) is 23.8 Å². The number of ether oxygens (including phenoxy) is 3. The minimum Gasteiger partial charge on any atom is -0.487 e. The molecule has 3 rings (SSSR count). The number of carbonyl (C=O) groups is 2. The smallest absolute Gasteiger partial charge is 0.350 e. The first-order valence-corrected chi connectivity index (χ1v) is 8.24. The predicted octanol–water partition coefficient (Wildman–Crippen LogP) is 3.28. The van der Waals surface area contributed by atoms with Crippen molar-refractivity contribution in [2.75, 3.05) is 5.32 Å². The lowest BCUT2D eigenvalue weighted by Gasteiger charge is -2.29. The van der Waals surface area contributed by atoms with Crippen molar-refractivity contribution >= 4 is 17.6 Å². The molecule has 1 aliphatic heterocycles. The van der Waals surface area contributed by atoms with Crippen molar-refractivity contribution in [3.05, 3.63) is 35.8 Å². The Morgan fingerprint density at radius 1 is 1.20 bits per heavy atom. The topological polar surface area (TPSA) is 73.9 Å². The summed E-state index contributed by atoms with van der Waals surface area (Å²) in [7, 11) is 0. The van der Waals surface area contributed by atoms with Crippen LogP contribution in [0, 0.1) is 5.82 Å². The van der Waals surface area contributed by atoms with Gasteiger partial charge in [-0.1, -0.05) is 0 Å². The van der Waals surface area contributed by atoms with Crippen molar-refractivity contribution in [2.45, 2.75) is 51.4 Å². The first-order valence-electron chi connectivity index (χ1n) is 8.24. The molecule has 25 heavy (non-hydrogen) atoms. The maximum atomic E-state index is 14.2. The van der Waals surface area contributed by atoms with Crippen molar-refractivity contribution in [1.82, 2.24) is 0 Å². The summed E-state index contributed by atoms with van der Waals surface area (Å²) in [5.41, 5.74) is 0.0835. The first-order chi connectivity index (χ1) is 11.8. The Hall–Kier alpha value is -2.57. The van der Waals surface area contributed by atoms with Gasteiger partial charge >= 0.3 is 11.9 Å². The van der Waals surface area contributed by atoms with Gasteiger partial charge in [0.05, 0.1) is 6.10 Å². The van der Waals surface area contributed by atoms with Gasteiger partial charge in [0.2, 0.25) is 0 Å². The largest absolute Gasteiger partial charge is 0.487 e. The molecule has 7 heteroatoms. The number of carbonyl (C=O) groups excluding carboxylic acids is 2. The first kappa shape index (κ1) is 17.3. The number of anilines is 1. The number of hydrogen-bond acceptors (Lipinski definition) is 6. The van der Waals surface area contributed by atoms with Crippen molar-refractivity contribution in [2.24, 2.45) is 0 Å². The average Bonchev–Trinajstić information content (AvgIpc) is 3.01. The number of hydrogen-bond donors (Lipinski definition) is 1. The SMILES string of the molecule is CC1(C)OC(=O)C(=CNc2ccc(OC3CCCC3)c(F)c2)C(=O)O1. The van der Waals surface area contributed by atoms with Gasteiger partial charge < -0.3 is 19.5 Å². The van der Waals surface area contributed by atoms with E-state index in [1.54, 1.807) is 6.07 Å². The van der Waals surface area contributed by atoms with Gasteiger partial charge in [-0.3, -0.25) is 0 Å². The maximum absolute atomic E-state index is 14.2. The van der Waals surface area contributed by atoms with Crippen molar-refractivity contribution in [3.8, 4) is 5.75 Å². The number of esters is 2. The highest BCUT2D eigenvalue weighted by atomic mass is 19.1. The molecule has 1 saturated heterocycles. The summed E-state index contributed by atoms with van der Waals surface area (Å²) in [6.07, 6.45) is 5.28. The molecule has 2 aliphatic rings. The predicted molar refractivity (Wildman–Crippen MR) is 87.3 cm³/mol. The van der Waals surface area contributed by atoms with Gasteiger partial charge in [0.25, 0.3) is 5.79 Å². The molecule has 1 aromatic rings. The van der Waals surface area contributed by atoms with Crippen molar-refractivity contribution < 1.29 is 28.2 Å². The third-order valence-corrected chi connectivity index (χ3v) is 4.03. The Morgan fingerprint density at radius 2 is 1.84 bits per heavy atom. The molecular weight excluding hydrogens is 329 g/mol. The maximum Gasteiger partial charge on any atom is 0.350 e. The molecule has 6 nitrogen and oxygen atoms in total. The molecule has 0 amide bonds.